The van der Waals surface area contributed by atoms with Gasteiger partial charge in [0.2, 0.25) is 0 Å². The van der Waals surface area contributed by atoms with E-state index in [0.29, 0.717) is 19.6 Å². The van der Waals surface area contributed by atoms with Gasteiger partial charge in [-0.3, -0.25) is 9.59 Å². The number of aliphatic hydroxyl groups excluding tert-OH is 2. The molecule has 0 aromatic carbocycles. The van der Waals surface area contributed by atoms with Gasteiger partial charge in [0.1, 0.15) is 24.4 Å². The fraction of sp³-hybridized carbons (Fsp3) is 0.911. The number of esters is 2. The van der Waals surface area contributed by atoms with E-state index in [1.165, 1.54) is 6.92 Å². The van der Waals surface area contributed by atoms with Crippen molar-refractivity contribution in [2.45, 2.75) is 205 Å². The van der Waals surface area contributed by atoms with Crippen LogP contribution in [0.2, 0.25) is 0 Å². The quantitative estimate of drug-likeness (QED) is 0.134. The van der Waals surface area contributed by atoms with E-state index in [1.54, 1.807) is 34.8 Å². The monoisotopic (exact) mass is 859 g/mol. The van der Waals surface area contributed by atoms with Gasteiger partial charge in [-0.15, -0.1) is 6.58 Å². The van der Waals surface area contributed by atoms with Gasteiger partial charge in [0, 0.05) is 51.6 Å². The van der Waals surface area contributed by atoms with Crippen molar-refractivity contribution in [3.63, 3.8) is 0 Å². The van der Waals surface area contributed by atoms with Crippen molar-refractivity contribution in [3.05, 3.63) is 12.7 Å². The Labute approximate surface area is 360 Å². The van der Waals surface area contributed by atoms with Crippen LogP contribution in [-0.4, -0.2) is 169 Å². The Hall–Kier alpha value is -1.76. The Balaban J connectivity index is 2.20. The highest BCUT2D eigenvalue weighted by Crippen LogP contribution is 2.41. The molecule has 3 aliphatic rings. The molecule has 3 aliphatic heterocycles. The van der Waals surface area contributed by atoms with E-state index >= 15 is 0 Å². The van der Waals surface area contributed by atoms with Crippen molar-refractivity contribution in [2.24, 2.45) is 17.8 Å². The lowest BCUT2D eigenvalue weighted by atomic mass is 9.77. The molecule has 3 rings (SSSR count). The van der Waals surface area contributed by atoms with Gasteiger partial charge in [0.05, 0.1) is 41.5 Å². The number of methoxy groups -OCH3 is 1. The summed E-state index contributed by atoms with van der Waals surface area (Å²) in [5.41, 5.74) is -4.03. The fourth-order valence-corrected chi connectivity index (χ4v) is 9.89. The lowest BCUT2D eigenvalue weighted by Crippen LogP contribution is -2.61. The lowest BCUT2D eigenvalue weighted by Gasteiger charge is -2.49. The summed E-state index contributed by atoms with van der Waals surface area (Å²) in [6.45, 7) is 24.2. The molecule has 0 aromatic heterocycles. The molecule has 3 N–H and O–H groups in total. The zero-order chi connectivity index (χ0) is 45.5. The lowest BCUT2D eigenvalue weighted by molar-refractivity contribution is -0.320. The number of carbonyl (C=O) groups is 2. The third-order valence-electron chi connectivity index (χ3n) is 13.4. The van der Waals surface area contributed by atoms with Crippen molar-refractivity contribution in [1.29, 1.82) is 0 Å². The minimum atomic E-state index is -1.62. The molecule has 0 amide bonds. The van der Waals surface area contributed by atoms with E-state index < -0.39 is 102 Å². The Kier molecular flexibility index (Phi) is 19.5. The minimum absolute atomic E-state index is 0.168. The van der Waals surface area contributed by atoms with E-state index in [-0.39, 0.29) is 37.3 Å². The number of aliphatic hydroxyl groups is 3. The summed E-state index contributed by atoms with van der Waals surface area (Å²) in [7, 11) is 7.26. The number of allylic oxidation sites excluding steroid dienone is 1. The Morgan fingerprint density at radius 3 is 2.25 bits per heavy atom. The average Bonchev–Trinajstić information content (AvgIpc) is 3.16. The maximum absolute atomic E-state index is 14.6. The van der Waals surface area contributed by atoms with Crippen molar-refractivity contribution in [3.8, 4) is 0 Å². The number of nitrogens with zero attached hydrogens (tertiary/aromatic N) is 2. The number of rotatable bonds is 13. The van der Waals surface area contributed by atoms with Crippen LogP contribution in [0.3, 0.4) is 0 Å². The smallest absolute Gasteiger partial charge is 0.311 e. The molecule has 0 aromatic rings. The van der Waals surface area contributed by atoms with Crippen LogP contribution in [0.4, 0.5) is 0 Å². The molecule has 3 saturated heterocycles. The first-order chi connectivity index (χ1) is 27.9. The molecule has 0 aliphatic carbocycles. The molecule has 350 valence electrons. The van der Waals surface area contributed by atoms with Gasteiger partial charge in [0.15, 0.2) is 18.2 Å². The van der Waals surface area contributed by atoms with Crippen LogP contribution in [0, 0.1) is 17.8 Å². The largest absolute Gasteiger partial charge is 0.458 e. The van der Waals surface area contributed by atoms with Gasteiger partial charge in [0.25, 0.3) is 0 Å². The number of hydrogen-bond acceptors (Lipinski definition) is 15. The highest BCUT2D eigenvalue weighted by Gasteiger charge is 2.54. The second-order valence-electron chi connectivity index (χ2n) is 19.0. The molecule has 0 saturated carbocycles. The van der Waals surface area contributed by atoms with Crippen LogP contribution >= 0.6 is 0 Å². The first kappa shape index (κ1) is 52.6. The maximum atomic E-state index is 14.6. The highest BCUT2D eigenvalue weighted by molar-refractivity contribution is 5.73. The van der Waals surface area contributed by atoms with Gasteiger partial charge in [-0.05, 0) is 108 Å². The highest BCUT2D eigenvalue weighted by atomic mass is 16.7. The molecule has 0 bridgehead atoms. The molecule has 18 atom stereocenters. The molecular weight excluding hydrogens is 776 g/mol. The Morgan fingerprint density at radius 1 is 1.03 bits per heavy atom. The second-order valence-corrected chi connectivity index (χ2v) is 19.0. The summed E-state index contributed by atoms with van der Waals surface area (Å²) >= 11 is 0. The predicted octanol–water partition coefficient (Wildman–Crippen LogP) is 4.46. The van der Waals surface area contributed by atoms with Crippen LogP contribution in [0.25, 0.3) is 0 Å². The maximum Gasteiger partial charge on any atom is 0.311 e. The van der Waals surface area contributed by atoms with Gasteiger partial charge in [-0.2, -0.15) is 0 Å². The molecular formula is C45H82N2O13. The summed E-state index contributed by atoms with van der Waals surface area (Å²) < 4.78 is 51.2. The van der Waals surface area contributed by atoms with Crippen LogP contribution in [0.15, 0.2) is 12.7 Å². The fourth-order valence-electron chi connectivity index (χ4n) is 9.89. The summed E-state index contributed by atoms with van der Waals surface area (Å²) in [5, 5.41) is 36.4. The van der Waals surface area contributed by atoms with Gasteiger partial charge in [-0.25, -0.2) is 0 Å². The number of likely N-dealkylation sites (N-methyl/N-ethyl adjacent to an activating group) is 2. The van der Waals surface area contributed by atoms with Crippen molar-refractivity contribution in [1.82, 2.24) is 9.80 Å². The number of unbranched alkanes of at least 4 members (excludes halogenated alkanes) is 1. The van der Waals surface area contributed by atoms with Crippen molar-refractivity contribution < 1.29 is 62.8 Å². The van der Waals surface area contributed by atoms with Crippen LogP contribution in [-0.2, 0) is 47.5 Å². The number of ether oxygens (including phenoxy) is 8. The van der Waals surface area contributed by atoms with Crippen molar-refractivity contribution >= 4 is 11.9 Å². The summed E-state index contributed by atoms with van der Waals surface area (Å²) in [5.74, 6) is -3.25. The first-order valence-corrected chi connectivity index (χ1v) is 22.1. The van der Waals surface area contributed by atoms with E-state index in [4.69, 9.17) is 37.9 Å². The molecule has 0 spiro atoms. The third-order valence-corrected chi connectivity index (χ3v) is 13.4. The molecule has 3 fully saturated rings. The van der Waals surface area contributed by atoms with E-state index in [0.717, 1.165) is 12.8 Å². The number of carbonyl (C=O) groups excluding carboxylic acids is 2. The topological polar surface area (TPSA) is 175 Å². The zero-order valence-electron chi connectivity index (χ0n) is 39.4. The molecule has 1 unspecified atom stereocenters. The summed E-state index contributed by atoms with van der Waals surface area (Å²) in [6, 6.07) is -0.847. The normalized spacial score (nSPS) is 44.4. The van der Waals surface area contributed by atoms with Crippen LogP contribution in [0.1, 0.15) is 115 Å². The van der Waals surface area contributed by atoms with E-state index in [2.05, 4.69) is 6.58 Å². The Morgan fingerprint density at radius 2 is 1.68 bits per heavy atom. The van der Waals surface area contributed by atoms with Crippen LogP contribution < -0.4 is 0 Å². The van der Waals surface area contributed by atoms with Gasteiger partial charge >= 0.3 is 11.9 Å². The third kappa shape index (κ3) is 12.7. The SMILES string of the molecule is C=CCCCO[C@H]1[C@H](C)O[C@@H](O[C@H]2[C@H](C)[C@@H](O[C@@H]3O[C@H](C)C[C@H](N(C)C)[C@H]3O)[C@](C)(O)C[C@@H](C)CN(C)[C@H](C)C(O)[C@](C)(OC(C)=O)[C@@H](CC)OC(=O)[C@@H]2C)C[C@@]1(C)OC. The molecule has 15 nitrogen and oxygen atoms in total. The summed E-state index contributed by atoms with van der Waals surface area (Å²) in [4.78, 5) is 31.1. The predicted molar refractivity (Wildman–Crippen MR) is 227 cm³/mol. The summed E-state index contributed by atoms with van der Waals surface area (Å²) in [6.07, 6.45) is -3.92. The zero-order valence-corrected chi connectivity index (χ0v) is 39.4. The minimum Gasteiger partial charge on any atom is -0.458 e. The number of hydrogen-bond donors (Lipinski definition) is 3. The second kappa shape index (κ2) is 22.2. The molecule has 0 radical (unpaired) electrons. The standard InChI is InChI=1S/C45H82N2O13/c1-17-19-20-21-54-40-31(8)56-35(24-44(40,11)53-16)58-37-28(5)39(59-42-36(49)33(46(13)14)22-27(4)55-42)43(10,52)23-26(3)25-47(15)30(7)38(50)45(12,60-32(9)48)34(18-2)57-41(51)29(37)6/h17,26-31,33-40,42,49-50,52H,1,18-25H2,2-16H3/t26-,27-,28+,29-,30-,31+,33+,34-,35+,36-,37+,38?,39-,40+,42+,43-,44-,45-/m1/s1. The first-order valence-electron chi connectivity index (χ1n) is 22.1. The van der Waals surface area contributed by atoms with Crippen LogP contribution in [0.5, 0.6) is 0 Å². The number of cyclic esters (lactones) is 1. The van der Waals surface area contributed by atoms with E-state index in [9.17, 15) is 24.9 Å². The molecule has 15 heteroatoms. The van der Waals surface area contributed by atoms with E-state index in [1.807, 2.05) is 78.6 Å². The van der Waals surface area contributed by atoms with Gasteiger partial charge < -0.3 is 63.0 Å². The average molecular weight is 859 g/mol. The molecule has 60 heavy (non-hydrogen) atoms. The van der Waals surface area contributed by atoms with Crippen molar-refractivity contribution in [2.75, 3.05) is 41.4 Å². The molecule has 3 heterocycles. The van der Waals surface area contributed by atoms with Gasteiger partial charge in [-0.1, -0.05) is 26.8 Å². The Bertz CT molecular complexity index is 1370.